The molecule has 1 aromatic carbocycles. The van der Waals surface area contributed by atoms with Crippen LogP contribution >= 0.6 is 0 Å². The van der Waals surface area contributed by atoms with Crippen LogP contribution in [0.4, 0.5) is 13.2 Å². The van der Waals surface area contributed by atoms with Crippen LogP contribution in [0.1, 0.15) is 13.3 Å². The molecule has 0 aliphatic rings. The van der Waals surface area contributed by atoms with Gasteiger partial charge < -0.3 is 0 Å². The van der Waals surface area contributed by atoms with Crippen LogP contribution < -0.4 is 4.72 Å². The van der Waals surface area contributed by atoms with E-state index in [1.807, 2.05) is 0 Å². The first kappa shape index (κ1) is 13.0. The zero-order valence-corrected chi connectivity index (χ0v) is 9.24. The van der Waals surface area contributed by atoms with E-state index in [-0.39, 0.29) is 6.54 Å². The zero-order chi connectivity index (χ0) is 12.3. The Bertz CT molecular complexity index is 465. The number of sulfonamides is 1. The Morgan fingerprint density at radius 3 is 2.12 bits per heavy atom. The predicted octanol–water partition coefficient (Wildman–Crippen LogP) is 1.79. The fourth-order valence-corrected chi connectivity index (χ4v) is 2.16. The number of benzene rings is 1. The summed E-state index contributed by atoms with van der Waals surface area (Å²) in [6, 6.07) is 0.882. The smallest absolute Gasteiger partial charge is 0.211 e. The van der Waals surface area contributed by atoms with Gasteiger partial charge in [0.05, 0.1) is 4.90 Å². The van der Waals surface area contributed by atoms with E-state index in [0.717, 1.165) is 0 Å². The van der Waals surface area contributed by atoms with Gasteiger partial charge in [0.25, 0.3) is 0 Å². The first-order valence-electron chi connectivity index (χ1n) is 4.52. The molecule has 0 heterocycles. The number of hydrogen-bond donors (Lipinski definition) is 1. The third-order valence-electron chi connectivity index (χ3n) is 1.81. The summed E-state index contributed by atoms with van der Waals surface area (Å²) < 4.78 is 63.2. The molecule has 1 aromatic rings. The van der Waals surface area contributed by atoms with Gasteiger partial charge in [0.1, 0.15) is 0 Å². The highest BCUT2D eigenvalue weighted by molar-refractivity contribution is 7.89. The van der Waals surface area contributed by atoms with E-state index in [9.17, 15) is 21.6 Å². The topological polar surface area (TPSA) is 46.2 Å². The molecule has 3 nitrogen and oxygen atoms in total. The first-order valence-corrected chi connectivity index (χ1v) is 6.01. The largest absolute Gasteiger partial charge is 0.240 e. The first-order chi connectivity index (χ1) is 7.38. The monoisotopic (exact) mass is 253 g/mol. The summed E-state index contributed by atoms with van der Waals surface area (Å²) in [4.78, 5) is -0.627. The van der Waals surface area contributed by atoms with Gasteiger partial charge in [-0.3, -0.25) is 0 Å². The molecule has 0 fully saturated rings. The molecule has 0 bridgehead atoms. The summed E-state index contributed by atoms with van der Waals surface area (Å²) in [6.07, 6.45) is 0.533. The van der Waals surface area contributed by atoms with Crippen molar-refractivity contribution in [3.8, 4) is 0 Å². The van der Waals surface area contributed by atoms with Crippen molar-refractivity contribution in [1.82, 2.24) is 4.72 Å². The number of rotatable bonds is 4. The average molecular weight is 253 g/mol. The van der Waals surface area contributed by atoms with Crippen molar-refractivity contribution in [1.29, 1.82) is 0 Å². The second-order valence-electron chi connectivity index (χ2n) is 3.10. The Morgan fingerprint density at radius 2 is 1.69 bits per heavy atom. The van der Waals surface area contributed by atoms with E-state index in [1.165, 1.54) is 0 Å². The van der Waals surface area contributed by atoms with Gasteiger partial charge in [0, 0.05) is 6.54 Å². The summed E-state index contributed by atoms with van der Waals surface area (Å²) in [6.45, 7) is 1.87. The van der Waals surface area contributed by atoms with Crippen LogP contribution in [0.2, 0.25) is 0 Å². The van der Waals surface area contributed by atoms with Crippen LogP contribution in [0.15, 0.2) is 17.0 Å². The van der Waals surface area contributed by atoms with Crippen LogP contribution in [0.25, 0.3) is 0 Å². The lowest BCUT2D eigenvalue weighted by Gasteiger charge is -2.06. The Hall–Kier alpha value is -1.08. The molecule has 0 aliphatic heterocycles. The predicted molar refractivity (Wildman–Crippen MR) is 51.8 cm³/mol. The lowest BCUT2D eigenvalue weighted by molar-refractivity contribution is 0.442. The molecule has 0 aliphatic carbocycles. The molecular weight excluding hydrogens is 243 g/mol. The molecule has 7 heteroatoms. The minimum Gasteiger partial charge on any atom is -0.211 e. The van der Waals surface area contributed by atoms with Gasteiger partial charge in [-0.05, 0) is 18.6 Å². The second kappa shape index (κ2) is 4.84. The maximum absolute atomic E-state index is 12.8. The fourth-order valence-electron chi connectivity index (χ4n) is 1.01. The molecule has 0 amide bonds. The van der Waals surface area contributed by atoms with Gasteiger partial charge in [-0.25, -0.2) is 26.3 Å². The van der Waals surface area contributed by atoms with Crippen molar-refractivity contribution in [3.05, 3.63) is 29.6 Å². The van der Waals surface area contributed by atoms with Crippen LogP contribution in [-0.2, 0) is 10.0 Å². The summed E-state index contributed by atoms with van der Waals surface area (Å²) >= 11 is 0. The van der Waals surface area contributed by atoms with Gasteiger partial charge in [-0.1, -0.05) is 6.92 Å². The third kappa shape index (κ3) is 2.73. The summed E-state index contributed by atoms with van der Waals surface area (Å²) in [5, 5.41) is 0. The lowest BCUT2D eigenvalue weighted by atomic mass is 10.3. The molecule has 1 rings (SSSR count). The minimum absolute atomic E-state index is 0.142. The van der Waals surface area contributed by atoms with Crippen molar-refractivity contribution in [2.45, 2.75) is 18.2 Å². The zero-order valence-electron chi connectivity index (χ0n) is 8.43. The molecule has 0 unspecified atom stereocenters. The van der Waals surface area contributed by atoms with Crippen molar-refractivity contribution >= 4 is 10.0 Å². The minimum atomic E-state index is -3.98. The molecule has 0 atom stereocenters. The molecule has 0 saturated heterocycles. The highest BCUT2D eigenvalue weighted by Gasteiger charge is 2.19. The van der Waals surface area contributed by atoms with E-state index < -0.39 is 32.4 Å². The molecular formula is C9H10F3NO2S. The van der Waals surface area contributed by atoms with Gasteiger partial charge in [0.15, 0.2) is 17.5 Å². The molecule has 0 spiro atoms. The Morgan fingerprint density at radius 1 is 1.19 bits per heavy atom. The molecule has 0 radical (unpaired) electrons. The summed E-state index contributed by atoms with van der Waals surface area (Å²) in [7, 11) is -3.98. The van der Waals surface area contributed by atoms with Crippen LogP contribution in [0, 0.1) is 17.5 Å². The quantitative estimate of drug-likeness (QED) is 0.831. The summed E-state index contributed by atoms with van der Waals surface area (Å²) in [5.41, 5.74) is 0. The molecule has 0 saturated carbocycles. The number of halogens is 3. The molecule has 16 heavy (non-hydrogen) atoms. The van der Waals surface area contributed by atoms with Crippen LogP contribution in [0.5, 0.6) is 0 Å². The highest BCUT2D eigenvalue weighted by Crippen LogP contribution is 2.17. The van der Waals surface area contributed by atoms with Gasteiger partial charge in [-0.15, -0.1) is 0 Å². The van der Waals surface area contributed by atoms with Gasteiger partial charge in [0.2, 0.25) is 10.0 Å². The van der Waals surface area contributed by atoms with Crippen molar-refractivity contribution in [2.75, 3.05) is 6.54 Å². The SMILES string of the molecule is CCCNS(=O)(=O)c1cc(F)c(F)c(F)c1. The standard InChI is InChI=1S/C9H10F3NO2S/c1-2-3-13-16(14,15)6-4-7(10)9(12)8(11)5-6/h4-5,13H,2-3H2,1H3. The Labute approximate surface area is 91.3 Å². The number of hydrogen-bond acceptors (Lipinski definition) is 2. The van der Waals surface area contributed by atoms with Crippen molar-refractivity contribution in [3.63, 3.8) is 0 Å². The van der Waals surface area contributed by atoms with Gasteiger partial charge in [-0.2, -0.15) is 0 Å². The molecule has 90 valence electrons. The van der Waals surface area contributed by atoms with E-state index in [0.29, 0.717) is 18.6 Å². The lowest BCUT2D eigenvalue weighted by Crippen LogP contribution is -2.24. The fraction of sp³-hybridized carbons (Fsp3) is 0.333. The average Bonchev–Trinajstić information content (AvgIpc) is 2.22. The van der Waals surface area contributed by atoms with Crippen LogP contribution in [0.3, 0.4) is 0 Å². The van der Waals surface area contributed by atoms with E-state index in [4.69, 9.17) is 0 Å². The Kier molecular flexibility index (Phi) is 3.93. The second-order valence-corrected chi connectivity index (χ2v) is 4.87. The van der Waals surface area contributed by atoms with Crippen LogP contribution in [-0.4, -0.2) is 15.0 Å². The maximum Gasteiger partial charge on any atom is 0.240 e. The maximum atomic E-state index is 12.8. The highest BCUT2D eigenvalue weighted by atomic mass is 32.2. The van der Waals surface area contributed by atoms with Crippen molar-refractivity contribution in [2.24, 2.45) is 0 Å². The van der Waals surface area contributed by atoms with E-state index >= 15 is 0 Å². The third-order valence-corrected chi connectivity index (χ3v) is 3.25. The molecule has 1 N–H and O–H groups in total. The van der Waals surface area contributed by atoms with E-state index in [1.54, 1.807) is 6.92 Å². The number of nitrogens with one attached hydrogen (secondary N) is 1. The molecule has 0 aromatic heterocycles. The summed E-state index contributed by atoms with van der Waals surface area (Å²) in [5.74, 6) is -4.75. The van der Waals surface area contributed by atoms with Gasteiger partial charge >= 0.3 is 0 Å². The van der Waals surface area contributed by atoms with E-state index in [2.05, 4.69) is 4.72 Å². The van der Waals surface area contributed by atoms with Crippen molar-refractivity contribution < 1.29 is 21.6 Å². The Balaban J connectivity index is 3.14. The normalized spacial score (nSPS) is 11.8.